The lowest BCUT2D eigenvalue weighted by Crippen LogP contribution is -2.30. The van der Waals surface area contributed by atoms with Crippen molar-refractivity contribution in [3.63, 3.8) is 0 Å². The predicted octanol–water partition coefficient (Wildman–Crippen LogP) is 3.59. The number of fused-ring (bicyclic) bond motifs is 1. The summed E-state index contributed by atoms with van der Waals surface area (Å²) in [6.45, 7) is 0.182. The Balaban J connectivity index is 1.81. The molecule has 0 saturated carbocycles. The molecule has 9 heteroatoms. The SMILES string of the molecule is COc1ccc(N(Cc2cccs2)S(=O)(=O)c2ccc3[nH]c(=O)oc3c2)cc1. The van der Waals surface area contributed by atoms with E-state index < -0.39 is 15.8 Å². The van der Waals surface area contributed by atoms with E-state index in [2.05, 4.69) is 4.98 Å². The Kier molecular flexibility index (Phi) is 4.70. The van der Waals surface area contributed by atoms with Gasteiger partial charge in [0.05, 0.1) is 29.8 Å². The molecule has 28 heavy (non-hydrogen) atoms. The Labute approximate surface area is 164 Å². The fourth-order valence-corrected chi connectivity index (χ4v) is 5.05. The van der Waals surface area contributed by atoms with Crippen LogP contribution in [-0.2, 0) is 16.6 Å². The molecule has 4 aromatic rings. The van der Waals surface area contributed by atoms with E-state index in [1.165, 1.54) is 33.8 Å². The van der Waals surface area contributed by atoms with Gasteiger partial charge in [0, 0.05) is 10.9 Å². The van der Waals surface area contributed by atoms with Gasteiger partial charge in [0.1, 0.15) is 5.75 Å². The van der Waals surface area contributed by atoms with E-state index in [1.807, 2.05) is 17.5 Å². The number of rotatable bonds is 6. The number of hydrogen-bond donors (Lipinski definition) is 1. The van der Waals surface area contributed by atoms with E-state index in [1.54, 1.807) is 31.4 Å². The number of nitrogens with one attached hydrogen (secondary N) is 1. The highest BCUT2D eigenvalue weighted by atomic mass is 32.2. The van der Waals surface area contributed by atoms with Crippen molar-refractivity contribution in [2.45, 2.75) is 11.4 Å². The Morgan fingerprint density at radius 3 is 2.61 bits per heavy atom. The van der Waals surface area contributed by atoms with Crippen LogP contribution in [0.25, 0.3) is 11.1 Å². The van der Waals surface area contributed by atoms with E-state index in [4.69, 9.17) is 9.15 Å². The second kappa shape index (κ2) is 7.17. The van der Waals surface area contributed by atoms with Crippen LogP contribution >= 0.6 is 11.3 Å². The second-order valence-electron chi connectivity index (χ2n) is 5.96. The lowest BCUT2D eigenvalue weighted by molar-refractivity contribution is 0.415. The van der Waals surface area contributed by atoms with Crippen molar-refractivity contribution in [1.29, 1.82) is 0 Å². The summed E-state index contributed by atoms with van der Waals surface area (Å²) in [5, 5.41) is 1.90. The Morgan fingerprint density at radius 2 is 1.93 bits per heavy atom. The molecule has 0 atom stereocenters. The number of oxazole rings is 1. The summed E-state index contributed by atoms with van der Waals surface area (Å²) < 4.78 is 38.4. The number of H-pyrrole nitrogens is 1. The molecule has 2 aromatic carbocycles. The Morgan fingerprint density at radius 1 is 1.14 bits per heavy atom. The molecular weight excluding hydrogens is 400 g/mol. The van der Waals surface area contributed by atoms with Crippen molar-refractivity contribution in [3.05, 3.63) is 75.4 Å². The van der Waals surface area contributed by atoms with Crippen LogP contribution in [0.5, 0.6) is 5.75 Å². The molecule has 0 aliphatic carbocycles. The van der Waals surface area contributed by atoms with Crippen molar-refractivity contribution in [1.82, 2.24) is 4.98 Å². The van der Waals surface area contributed by atoms with Crippen LogP contribution in [0.1, 0.15) is 4.88 Å². The van der Waals surface area contributed by atoms with E-state index in [0.717, 1.165) is 4.88 Å². The summed E-state index contributed by atoms with van der Waals surface area (Å²) >= 11 is 1.48. The number of ether oxygens (including phenoxy) is 1. The van der Waals surface area contributed by atoms with Gasteiger partial charge < -0.3 is 9.15 Å². The zero-order valence-corrected chi connectivity index (χ0v) is 16.4. The highest BCUT2D eigenvalue weighted by Crippen LogP contribution is 2.29. The molecule has 0 fully saturated rings. The van der Waals surface area contributed by atoms with Gasteiger partial charge in [0.15, 0.2) is 5.58 Å². The fourth-order valence-electron chi connectivity index (χ4n) is 2.82. The number of hydrogen-bond acceptors (Lipinski definition) is 6. The standard InChI is InChI=1S/C19H16N2O5S2/c1-25-14-6-4-13(5-7-14)21(12-15-3-2-10-27-15)28(23,24)16-8-9-17-18(11-16)26-19(22)20-17/h2-11H,12H2,1H3,(H,20,22). The first-order valence-electron chi connectivity index (χ1n) is 8.29. The van der Waals surface area contributed by atoms with Gasteiger partial charge >= 0.3 is 5.76 Å². The van der Waals surface area contributed by atoms with E-state index in [0.29, 0.717) is 17.0 Å². The van der Waals surface area contributed by atoms with Crippen molar-refractivity contribution < 1.29 is 17.6 Å². The first kappa shape index (κ1) is 18.3. The van der Waals surface area contributed by atoms with Gasteiger partial charge in [-0.3, -0.25) is 9.29 Å². The minimum Gasteiger partial charge on any atom is -0.497 e. The molecule has 0 bridgehead atoms. The van der Waals surface area contributed by atoms with E-state index in [9.17, 15) is 13.2 Å². The number of aromatic nitrogens is 1. The maximum absolute atomic E-state index is 13.4. The highest BCUT2D eigenvalue weighted by molar-refractivity contribution is 7.92. The van der Waals surface area contributed by atoms with Crippen LogP contribution in [-0.4, -0.2) is 20.5 Å². The molecule has 4 rings (SSSR count). The van der Waals surface area contributed by atoms with Gasteiger partial charge in [-0.1, -0.05) is 6.07 Å². The normalized spacial score (nSPS) is 11.6. The minimum absolute atomic E-state index is 0.0372. The molecule has 0 aliphatic rings. The third-order valence-corrected chi connectivity index (χ3v) is 6.85. The number of aromatic amines is 1. The number of anilines is 1. The molecule has 2 aromatic heterocycles. The van der Waals surface area contributed by atoms with E-state index in [-0.39, 0.29) is 17.0 Å². The minimum atomic E-state index is -3.91. The molecule has 0 unspecified atom stereocenters. The number of methoxy groups -OCH3 is 1. The van der Waals surface area contributed by atoms with Crippen molar-refractivity contribution in [2.24, 2.45) is 0 Å². The molecule has 2 heterocycles. The molecule has 0 spiro atoms. The van der Waals surface area contributed by atoms with Crippen LogP contribution in [0.3, 0.4) is 0 Å². The Hall–Kier alpha value is -3.04. The van der Waals surface area contributed by atoms with Gasteiger partial charge in [-0.05, 0) is 47.8 Å². The van der Waals surface area contributed by atoms with Crippen LogP contribution in [0.2, 0.25) is 0 Å². The number of sulfonamides is 1. The smallest absolute Gasteiger partial charge is 0.417 e. The summed E-state index contributed by atoms with van der Waals surface area (Å²) in [7, 11) is -2.36. The molecule has 0 saturated heterocycles. The number of thiophene rings is 1. The van der Waals surface area contributed by atoms with Crippen LogP contribution in [0, 0.1) is 0 Å². The van der Waals surface area contributed by atoms with Crippen molar-refractivity contribution in [3.8, 4) is 5.75 Å². The van der Waals surface area contributed by atoms with E-state index >= 15 is 0 Å². The fraction of sp³-hybridized carbons (Fsp3) is 0.105. The third kappa shape index (κ3) is 3.41. The first-order chi connectivity index (χ1) is 13.5. The molecular formula is C19H16N2O5S2. The topological polar surface area (TPSA) is 92.6 Å². The largest absolute Gasteiger partial charge is 0.497 e. The predicted molar refractivity (Wildman–Crippen MR) is 108 cm³/mol. The van der Waals surface area contributed by atoms with Gasteiger partial charge in [0.2, 0.25) is 0 Å². The Bertz CT molecular complexity index is 1260. The summed E-state index contributed by atoms with van der Waals surface area (Å²) in [6.07, 6.45) is 0. The van der Waals surface area contributed by atoms with Crippen molar-refractivity contribution in [2.75, 3.05) is 11.4 Å². The first-order valence-corrected chi connectivity index (χ1v) is 10.6. The average molecular weight is 416 g/mol. The van der Waals surface area contributed by atoms with Crippen LogP contribution in [0.15, 0.2) is 74.1 Å². The highest BCUT2D eigenvalue weighted by Gasteiger charge is 2.26. The summed E-state index contributed by atoms with van der Waals surface area (Å²) in [5.74, 6) is 0.00267. The maximum atomic E-state index is 13.4. The molecule has 1 N–H and O–H groups in total. The van der Waals surface area contributed by atoms with Gasteiger partial charge in [-0.2, -0.15) is 0 Å². The van der Waals surface area contributed by atoms with Gasteiger partial charge in [-0.25, -0.2) is 13.2 Å². The van der Waals surface area contributed by atoms with Crippen LogP contribution in [0.4, 0.5) is 5.69 Å². The summed E-state index contributed by atoms with van der Waals surface area (Å²) in [6, 6.07) is 14.9. The average Bonchev–Trinajstić information content (AvgIpc) is 3.33. The quantitative estimate of drug-likeness (QED) is 0.519. The maximum Gasteiger partial charge on any atom is 0.417 e. The third-order valence-electron chi connectivity index (χ3n) is 4.22. The van der Waals surface area contributed by atoms with Gasteiger partial charge in [-0.15, -0.1) is 11.3 Å². The molecule has 0 amide bonds. The monoisotopic (exact) mass is 416 g/mol. The number of benzene rings is 2. The zero-order valence-electron chi connectivity index (χ0n) is 14.8. The lowest BCUT2D eigenvalue weighted by atomic mass is 10.3. The summed E-state index contributed by atoms with van der Waals surface area (Å²) in [5.41, 5.74) is 1.14. The van der Waals surface area contributed by atoms with Crippen molar-refractivity contribution >= 4 is 38.1 Å². The molecule has 7 nitrogen and oxygen atoms in total. The zero-order chi connectivity index (χ0) is 19.7. The molecule has 144 valence electrons. The van der Waals surface area contributed by atoms with Crippen LogP contribution < -0.4 is 14.8 Å². The number of nitrogens with zero attached hydrogens (tertiary/aromatic N) is 1. The molecule has 0 radical (unpaired) electrons. The molecule has 0 aliphatic heterocycles. The second-order valence-corrected chi connectivity index (χ2v) is 8.86. The van der Waals surface area contributed by atoms with Gasteiger partial charge in [0.25, 0.3) is 10.0 Å². The summed E-state index contributed by atoms with van der Waals surface area (Å²) in [4.78, 5) is 14.8. The lowest BCUT2D eigenvalue weighted by Gasteiger charge is -2.24.